The molecule has 0 radical (unpaired) electrons. The van der Waals surface area contributed by atoms with E-state index in [1.165, 1.54) is 6.07 Å². The van der Waals surface area contributed by atoms with E-state index in [-0.39, 0.29) is 17.0 Å². The molecule has 0 fully saturated rings. The zero-order valence-corrected chi connectivity index (χ0v) is 16.4. The summed E-state index contributed by atoms with van der Waals surface area (Å²) in [7, 11) is 0. The Balaban J connectivity index is 1.82. The van der Waals surface area contributed by atoms with Crippen molar-refractivity contribution in [3.8, 4) is 0 Å². The van der Waals surface area contributed by atoms with E-state index >= 15 is 0 Å². The third-order valence-electron chi connectivity index (χ3n) is 4.40. The smallest absolute Gasteiger partial charge is 0.282 e. The van der Waals surface area contributed by atoms with E-state index in [0.29, 0.717) is 15.7 Å². The van der Waals surface area contributed by atoms with Crippen molar-refractivity contribution in [3.63, 3.8) is 0 Å². The predicted octanol–water partition coefficient (Wildman–Crippen LogP) is 5.12. The van der Waals surface area contributed by atoms with Gasteiger partial charge in [-0.2, -0.15) is 0 Å². The van der Waals surface area contributed by atoms with Crippen LogP contribution < -0.4 is 10.2 Å². The Bertz CT molecular complexity index is 1160. The molecule has 4 nitrogen and oxygen atoms in total. The molecule has 0 saturated heterocycles. The van der Waals surface area contributed by atoms with Gasteiger partial charge in [0.05, 0.1) is 11.3 Å². The first-order valence-corrected chi connectivity index (χ1v) is 9.41. The van der Waals surface area contributed by atoms with Gasteiger partial charge in [-0.3, -0.25) is 9.59 Å². The van der Waals surface area contributed by atoms with Crippen molar-refractivity contribution in [2.24, 2.45) is 0 Å². The minimum absolute atomic E-state index is 0.00724. The van der Waals surface area contributed by atoms with Gasteiger partial charge >= 0.3 is 0 Å². The van der Waals surface area contributed by atoms with Crippen LogP contribution in [0.5, 0.6) is 0 Å². The van der Waals surface area contributed by atoms with Crippen LogP contribution in [-0.2, 0) is 9.59 Å². The van der Waals surface area contributed by atoms with Crippen molar-refractivity contribution in [3.05, 3.63) is 100 Å². The number of benzene rings is 3. The van der Waals surface area contributed by atoms with Crippen LogP contribution in [0.4, 0.5) is 20.2 Å². The molecule has 1 N–H and O–H groups in total. The molecule has 29 heavy (non-hydrogen) atoms. The standard InChI is InChI=1S/C22H13BrF2N2O2/c23-14-7-4-8-16(11-14)27-21(28)19(13-5-2-1-3-6-13)20(22(27)29)26-15-9-10-17(24)18(25)12-15/h1-12,26H. The first-order valence-electron chi connectivity index (χ1n) is 8.62. The van der Waals surface area contributed by atoms with Gasteiger partial charge in [0.25, 0.3) is 11.8 Å². The molecule has 1 aliphatic rings. The third kappa shape index (κ3) is 3.56. The van der Waals surface area contributed by atoms with Gasteiger partial charge in [-0.15, -0.1) is 0 Å². The quantitative estimate of drug-likeness (QED) is 0.556. The fourth-order valence-electron chi connectivity index (χ4n) is 3.09. The average molecular weight is 455 g/mol. The van der Waals surface area contributed by atoms with Crippen molar-refractivity contribution < 1.29 is 18.4 Å². The maximum absolute atomic E-state index is 13.6. The normalized spacial score (nSPS) is 14.0. The molecule has 3 aromatic rings. The maximum atomic E-state index is 13.6. The number of anilines is 2. The highest BCUT2D eigenvalue weighted by Crippen LogP contribution is 2.34. The fourth-order valence-corrected chi connectivity index (χ4v) is 3.47. The number of carbonyl (C=O) groups is 2. The summed E-state index contributed by atoms with van der Waals surface area (Å²) in [5.41, 5.74) is 1.23. The van der Waals surface area contributed by atoms with E-state index in [9.17, 15) is 18.4 Å². The first kappa shape index (κ1) is 19.0. The second-order valence-electron chi connectivity index (χ2n) is 6.30. The molecular weight excluding hydrogens is 442 g/mol. The van der Waals surface area contributed by atoms with E-state index in [1.807, 2.05) is 0 Å². The number of imide groups is 1. The highest BCUT2D eigenvalue weighted by atomic mass is 79.9. The van der Waals surface area contributed by atoms with Gasteiger partial charge < -0.3 is 5.32 Å². The number of rotatable bonds is 4. The molecular formula is C22H13BrF2N2O2. The number of hydrogen-bond donors (Lipinski definition) is 1. The second-order valence-corrected chi connectivity index (χ2v) is 7.21. The Morgan fingerprint density at radius 3 is 2.24 bits per heavy atom. The van der Waals surface area contributed by atoms with Crippen LogP contribution in [0.25, 0.3) is 5.57 Å². The summed E-state index contributed by atoms with van der Waals surface area (Å²) in [5.74, 6) is -3.16. The summed E-state index contributed by atoms with van der Waals surface area (Å²) >= 11 is 3.34. The van der Waals surface area contributed by atoms with E-state index in [2.05, 4.69) is 21.2 Å². The Morgan fingerprint density at radius 1 is 0.793 bits per heavy atom. The summed E-state index contributed by atoms with van der Waals surface area (Å²) in [6.07, 6.45) is 0. The zero-order valence-electron chi connectivity index (χ0n) is 14.8. The fraction of sp³-hybridized carbons (Fsp3) is 0. The lowest BCUT2D eigenvalue weighted by Crippen LogP contribution is -2.32. The van der Waals surface area contributed by atoms with Crippen molar-refractivity contribution in [1.29, 1.82) is 0 Å². The summed E-state index contributed by atoms with van der Waals surface area (Å²) in [6.45, 7) is 0. The van der Waals surface area contributed by atoms with Crippen LogP contribution in [0.2, 0.25) is 0 Å². The third-order valence-corrected chi connectivity index (χ3v) is 4.89. The van der Waals surface area contributed by atoms with Gasteiger partial charge in [-0.1, -0.05) is 52.3 Å². The number of carbonyl (C=O) groups excluding carboxylic acids is 2. The number of halogens is 3. The molecule has 0 bridgehead atoms. The second kappa shape index (κ2) is 7.60. The largest absolute Gasteiger partial charge is 0.350 e. The highest BCUT2D eigenvalue weighted by molar-refractivity contribution is 9.10. The lowest BCUT2D eigenvalue weighted by molar-refractivity contribution is -0.120. The van der Waals surface area contributed by atoms with Crippen LogP contribution in [0.1, 0.15) is 5.56 Å². The van der Waals surface area contributed by atoms with Crippen molar-refractivity contribution in [2.75, 3.05) is 10.2 Å². The van der Waals surface area contributed by atoms with Crippen LogP contribution in [0.3, 0.4) is 0 Å². The number of amides is 2. The van der Waals surface area contributed by atoms with Crippen molar-refractivity contribution in [2.45, 2.75) is 0 Å². The minimum Gasteiger partial charge on any atom is -0.350 e. The SMILES string of the molecule is O=C1C(Nc2ccc(F)c(F)c2)=C(c2ccccc2)C(=O)N1c1cccc(Br)c1. The maximum Gasteiger partial charge on any atom is 0.282 e. The average Bonchev–Trinajstić information content (AvgIpc) is 2.95. The molecule has 3 aromatic carbocycles. The van der Waals surface area contributed by atoms with Gasteiger partial charge in [0.1, 0.15) is 5.70 Å². The summed E-state index contributed by atoms with van der Waals surface area (Å²) in [5, 5.41) is 2.80. The van der Waals surface area contributed by atoms with Gasteiger partial charge in [-0.05, 0) is 35.9 Å². The van der Waals surface area contributed by atoms with Gasteiger partial charge in [-0.25, -0.2) is 13.7 Å². The molecule has 0 atom stereocenters. The molecule has 1 heterocycles. The van der Waals surface area contributed by atoms with E-state index < -0.39 is 23.4 Å². The monoisotopic (exact) mass is 454 g/mol. The molecule has 144 valence electrons. The van der Waals surface area contributed by atoms with E-state index in [0.717, 1.165) is 17.0 Å². The Hall–Kier alpha value is -3.32. The van der Waals surface area contributed by atoms with Crippen molar-refractivity contribution >= 4 is 44.7 Å². The molecule has 0 unspecified atom stereocenters. The summed E-state index contributed by atoms with van der Waals surface area (Å²) in [4.78, 5) is 27.4. The number of nitrogens with zero attached hydrogens (tertiary/aromatic N) is 1. The minimum atomic E-state index is -1.06. The zero-order chi connectivity index (χ0) is 20.5. The topological polar surface area (TPSA) is 49.4 Å². The van der Waals surface area contributed by atoms with Crippen LogP contribution >= 0.6 is 15.9 Å². The lowest BCUT2D eigenvalue weighted by Gasteiger charge is -2.15. The van der Waals surface area contributed by atoms with Crippen LogP contribution in [0.15, 0.2) is 83.0 Å². The first-order chi connectivity index (χ1) is 14.0. The lowest BCUT2D eigenvalue weighted by atomic mass is 10.0. The molecule has 2 amide bonds. The predicted molar refractivity (Wildman–Crippen MR) is 110 cm³/mol. The van der Waals surface area contributed by atoms with Gasteiger partial charge in [0.2, 0.25) is 0 Å². The molecule has 0 saturated carbocycles. The molecule has 7 heteroatoms. The van der Waals surface area contributed by atoms with Crippen LogP contribution in [-0.4, -0.2) is 11.8 Å². The van der Waals surface area contributed by atoms with Gasteiger partial charge in [0, 0.05) is 16.2 Å². The van der Waals surface area contributed by atoms with E-state index in [1.54, 1.807) is 54.6 Å². The summed E-state index contributed by atoms with van der Waals surface area (Å²) in [6, 6.07) is 18.7. The molecule has 4 rings (SSSR count). The molecule has 1 aliphatic heterocycles. The molecule has 0 spiro atoms. The molecule has 0 aliphatic carbocycles. The Kier molecular flexibility index (Phi) is 4.98. The molecule has 0 aromatic heterocycles. The Morgan fingerprint density at radius 2 is 1.55 bits per heavy atom. The Labute approximate surface area is 173 Å². The van der Waals surface area contributed by atoms with Gasteiger partial charge in [0.15, 0.2) is 11.6 Å². The van der Waals surface area contributed by atoms with Crippen molar-refractivity contribution in [1.82, 2.24) is 0 Å². The van der Waals surface area contributed by atoms with E-state index in [4.69, 9.17) is 0 Å². The van der Waals surface area contributed by atoms with Crippen LogP contribution in [0, 0.1) is 11.6 Å². The summed E-state index contributed by atoms with van der Waals surface area (Å²) < 4.78 is 27.6. The number of hydrogen-bond acceptors (Lipinski definition) is 3. The highest BCUT2D eigenvalue weighted by Gasteiger charge is 2.40. The number of nitrogens with one attached hydrogen (secondary N) is 1.